The van der Waals surface area contributed by atoms with E-state index in [2.05, 4.69) is 9.47 Å². The van der Waals surface area contributed by atoms with Crippen LogP contribution in [0.15, 0.2) is 18.2 Å². The van der Waals surface area contributed by atoms with Crippen molar-refractivity contribution in [2.45, 2.75) is 31.4 Å². The molecule has 0 saturated heterocycles. The molecule has 0 amide bonds. The van der Waals surface area contributed by atoms with Gasteiger partial charge in [-0.3, -0.25) is 0 Å². The molecule has 0 aromatic heterocycles. The quantitative estimate of drug-likeness (QED) is 0.863. The fraction of sp³-hybridized carbons (Fsp3) is 0.455. The van der Waals surface area contributed by atoms with Crippen molar-refractivity contribution in [1.29, 1.82) is 0 Å². The summed E-state index contributed by atoms with van der Waals surface area (Å²) < 4.78 is 70.0. The number of rotatable bonds is 3. The average Bonchev–Trinajstić information content (AvgIpc) is 2.57. The maximum atomic E-state index is 12.7. The van der Waals surface area contributed by atoms with E-state index in [1.54, 1.807) is 0 Å². The monoisotopic (exact) mass is 319 g/mol. The van der Waals surface area contributed by atoms with Crippen molar-refractivity contribution in [2.75, 3.05) is 0 Å². The van der Waals surface area contributed by atoms with Crippen LogP contribution < -0.4 is 15.2 Å². The Labute approximate surface area is 117 Å². The van der Waals surface area contributed by atoms with Crippen molar-refractivity contribution in [3.63, 3.8) is 0 Å². The molecule has 1 aromatic rings. The van der Waals surface area contributed by atoms with Crippen LogP contribution in [0.3, 0.4) is 0 Å². The standard InChI is InChI=1S/C11H10F5NO2.ClH/c12-10(13,14)4-3-7(17)6-1-2-8-9(5-6)19-11(15,16)18-8;/h1-2,5,7H,3-4,17H2;1H/t7-;/m1./s1. The minimum absolute atomic E-state index is 0. The van der Waals surface area contributed by atoms with Gasteiger partial charge in [-0.1, -0.05) is 6.07 Å². The molecule has 2 rings (SSSR count). The van der Waals surface area contributed by atoms with Gasteiger partial charge in [-0.15, -0.1) is 21.2 Å². The largest absolute Gasteiger partial charge is 0.586 e. The van der Waals surface area contributed by atoms with Gasteiger partial charge in [-0.05, 0) is 24.1 Å². The molecule has 1 atom stereocenters. The van der Waals surface area contributed by atoms with Gasteiger partial charge in [-0.25, -0.2) is 0 Å². The van der Waals surface area contributed by atoms with Crippen molar-refractivity contribution >= 4 is 12.4 Å². The molecule has 114 valence electrons. The summed E-state index contributed by atoms with van der Waals surface area (Å²) in [5.74, 6) is -0.401. The Morgan fingerprint density at radius 1 is 1.15 bits per heavy atom. The molecular weight excluding hydrogens is 309 g/mol. The lowest BCUT2D eigenvalue weighted by Crippen LogP contribution is -2.25. The normalized spacial score (nSPS) is 17.5. The van der Waals surface area contributed by atoms with E-state index in [1.807, 2.05) is 0 Å². The molecule has 0 aliphatic carbocycles. The zero-order chi connectivity index (χ0) is 14.3. The van der Waals surface area contributed by atoms with Gasteiger partial charge in [0.05, 0.1) is 0 Å². The Morgan fingerprint density at radius 3 is 2.35 bits per heavy atom. The van der Waals surface area contributed by atoms with Crippen molar-refractivity contribution in [1.82, 2.24) is 0 Å². The Balaban J connectivity index is 0.00000200. The summed E-state index contributed by atoms with van der Waals surface area (Å²) in [5.41, 5.74) is 5.86. The van der Waals surface area contributed by atoms with Gasteiger partial charge < -0.3 is 15.2 Å². The van der Waals surface area contributed by atoms with E-state index in [4.69, 9.17) is 5.73 Å². The van der Waals surface area contributed by atoms with Crippen molar-refractivity contribution in [3.05, 3.63) is 23.8 Å². The van der Waals surface area contributed by atoms with Gasteiger partial charge >= 0.3 is 12.5 Å². The Morgan fingerprint density at radius 2 is 1.75 bits per heavy atom. The van der Waals surface area contributed by atoms with E-state index in [-0.39, 0.29) is 35.9 Å². The van der Waals surface area contributed by atoms with E-state index < -0.39 is 24.9 Å². The van der Waals surface area contributed by atoms with Crippen LogP contribution in [0.25, 0.3) is 0 Å². The third-order valence-corrected chi connectivity index (χ3v) is 2.59. The highest BCUT2D eigenvalue weighted by atomic mass is 35.5. The number of alkyl halides is 5. The Hall–Kier alpha value is -1.28. The van der Waals surface area contributed by atoms with E-state index in [0.29, 0.717) is 0 Å². The lowest BCUT2D eigenvalue weighted by molar-refractivity contribution is -0.286. The Kier molecular flexibility index (Phi) is 4.70. The second kappa shape index (κ2) is 5.61. The molecule has 0 radical (unpaired) electrons. The van der Waals surface area contributed by atoms with Crippen LogP contribution in [-0.4, -0.2) is 12.5 Å². The molecule has 0 unspecified atom stereocenters. The third kappa shape index (κ3) is 4.11. The predicted octanol–water partition coefficient (Wildman–Crippen LogP) is 3.77. The van der Waals surface area contributed by atoms with Crippen LogP contribution in [-0.2, 0) is 0 Å². The van der Waals surface area contributed by atoms with Gasteiger partial charge in [0.1, 0.15) is 0 Å². The lowest BCUT2D eigenvalue weighted by atomic mass is 10.0. The first-order valence-electron chi connectivity index (χ1n) is 5.38. The van der Waals surface area contributed by atoms with Crippen molar-refractivity contribution in [3.8, 4) is 11.5 Å². The number of hydrogen-bond donors (Lipinski definition) is 1. The maximum absolute atomic E-state index is 12.7. The first kappa shape index (κ1) is 16.8. The summed E-state index contributed by atoms with van der Waals surface area (Å²) in [7, 11) is 0. The van der Waals surface area contributed by atoms with Gasteiger partial charge in [-0.2, -0.15) is 13.2 Å². The van der Waals surface area contributed by atoms with Crippen LogP contribution in [0.4, 0.5) is 22.0 Å². The van der Waals surface area contributed by atoms with Gasteiger partial charge in [0.15, 0.2) is 11.5 Å². The molecule has 0 bridgehead atoms. The Bertz CT molecular complexity index is 480. The van der Waals surface area contributed by atoms with Gasteiger partial charge in [0.2, 0.25) is 0 Å². The molecule has 2 N–H and O–H groups in total. The molecule has 20 heavy (non-hydrogen) atoms. The average molecular weight is 320 g/mol. The SMILES string of the molecule is Cl.N[C@H](CCC(F)(F)F)c1ccc2c(c1)OC(F)(F)O2. The minimum Gasteiger partial charge on any atom is -0.395 e. The summed E-state index contributed by atoms with van der Waals surface area (Å²) in [6.45, 7) is 0. The highest BCUT2D eigenvalue weighted by Gasteiger charge is 2.43. The zero-order valence-electron chi connectivity index (χ0n) is 9.92. The van der Waals surface area contributed by atoms with Gasteiger partial charge in [0, 0.05) is 12.5 Å². The predicted molar refractivity (Wildman–Crippen MR) is 62.1 cm³/mol. The summed E-state index contributed by atoms with van der Waals surface area (Å²) >= 11 is 0. The van der Waals surface area contributed by atoms with E-state index >= 15 is 0 Å². The molecular formula is C11H11ClF5NO2. The number of halogens is 6. The lowest BCUT2D eigenvalue weighted by Gasteiger charge is -2.13. The fourth-order valence-corrected chi connectivity index (χ4v) is 1.68. The van der Waals surface area contributed by atoms with Crippen LogP contribution in [0.5, 0.6) is 11.5 Å². The topological polar surface area (TPSA) is 44.5 Å². The molecule has 0 spiro atoms. The maximum Gasteiger partial charge on any atom is 0.586 e. The van der Waals surface area contributed by atoms with Crippen LogP contribution in [0.1, 0.15) is 24.4 Å². The van der Waals surface area contributed by atoms with Crippen molar-refractivity contribution in [2.24, 2.45) is 5.73 Å². The highest BCUT2D eigenvalue weighted by Crippen LogP contribution is 2.42. The smallest absolute Gasteiger partial charge is 0.395 e. The second-order valence-electron chi connectivity index (χ2n) is 4.13. The minimum atomic E-state index is -4.30. The van der Waals surface area contributed by atoms with Crippen molar-refractivity contribution < 1.29 is 31.4 Å². The van der Waals surface area contributed by atoms with Crippen LogP contribution in [0.2, 0.25) is 0 Å². The van der Waals surface area contributed by atoms with E-state index in [0.717, 1.165) is 6.07 Å². The van der Waals surface area contributed by atoms with E-state index in [9.17, 15) is 22.0 Å². The molecule has 1 heterocycles. The number of benzene rings is 1. The highest BCUT2D eigenvalue weighted by molar-refractivity contribution is 5.85. The van der Waals surface area contributed by atoms with Gasteiger partial charge in [0.25, 0.3) is 0 Å². The first-order chi connectivity index (χ1) is 8.66. The van der Waals surface area contributed by atoms with Crippen LogP contribution >= 0.6 is 12.4 Å². The molecule has 1 aliphatic rings. The molecule has 0 saturated carbocycles. The molecule has 1 aromatic carbocycles. The second-order valence-corrected chi connectivity index (χ2v) is 4.13. The fourth-order valence-electron chi connectivity index (χ4n) is 1.68. The molecule has 1 aliphatic heterocycles. The summed E-state index contributed by atoms with van der Waals surface area (Å²) in [6.07, 6.45) is -9.43. The summed E-state index contributed by atoms with van der Waals surface area (Å²) in [5, 5.41) is 0. The summed E-state index contributed by atoms with van der Waals surface area (Å²) in [4.78, 5) is 0. The number of fused-ring (bicyclic) bond motifs is 1. The first-order valence-corrected chi connectivity index (χ1v) is 5.38. The molecule has 3 nitrogen and oxygen atoms in total. The third-order valence-electron chi connectivity index (χ3n) is 2.59. The zero-order valence-corrected chi connectivity index (χ0v) is 10.7. The molecule has 0 fully saturated rings. The number of hydrogen-bond acceptors (Lipinski definition) is 3. The number of nitrogens with two attached hydrogens (primary N) is 1. The molecule has 9 heteroatoms. The van der Waals surface area contributed by atoms with E-state index in [1.165, 1.54) is 12.1 Å². The van der Waals surface area contributed by atoms with Crippen LogP contribution in [0, 0.1) is 0 Å². The summed E-state index contributed by atoms with van der Waals surface area (Å²) in [6, 6.07) is 2.78. The number of ether oxygens (including phenoxy) is 2.